The molecule has 0 aliphatic carbocycles. The lowest BCUT2D eigenvalue weighted by atomic mass is 10.0. The van der Waals surface area contributed by atoms with E-state index in [0.29, 0.717) is 6.54 Å². The molecule has 1 unspecified atom stereocenters. The van der Waals surface area contributed by atoms with Gasteiger partial charge >= 0.3 is 0 Å². The summed E-state index contributed by atoms with van der Waals surface area (Å²) in [6.07, 6.45) is 1.54. The standard InChI is InChI=1S/C16H15N3O3S/c1-22-13-6-7-15-14(8-13)16(18-10-17-15)12-4-2-11(3-5-12)9-19-23(20)21/h2-8,10,19H,9H2,1H3,(H,20,21). The smallest absolute Gasteiger partial charge is 0.232 e. The minimum Gasteiger partial charge on any atom is -0.497 e. The number of ether oxygens (including phenoxy) is 1. The molecule has 118 valence electrons. The molecule has 0 aliphatic rings. The Morgan fingerprint density at radius 3 is 2.65 bits per heavy atom. The number of nitrogens with zero attached hydrogens (tertiary/aromatic N) is 2. The quantitative estimate of drug-likeness (QED) is 0.703. The Hall–Kier alpha value is -2.35. The third-order valence-electron chi connectivity index (χ3n) is 3.47. The second-order valence-electron chi connectivity index (χ2n) is 4.87. The van der Waals surface area contributed by atoms with E-state index in [-0.39, 0.29) is 0 Å². The molecule has 1 atom stereocenters. The van der Waals surface area contributed by atoms with Gasteiger partial charge in [-0.15, -0.1) is 0 Å². The molecule has 0 saturated heterocycles. The van der Waals surface area contributed by atoms with Crippen molar-refractivity contribution >= 4 is 22.2 Å². The third-order valence-corrected chi connectivity index (χ3v) is 3.86. The highest BCUT2D eigenvalue weighted by Gasteiger charge is 2.08. The fourth-order valence-electron chi connectivity index (χ4n) is 2.32. The van der Waals surface area contributed by atoms with Crippen LogP contribution in [0.3, 0.4) is 0 Å². The molecule has 0 spiro atoms. The van der Waals surface area contributed by atoms with Crippen LogP contribution in [0.1, 0.15) is 5.56 Å². The van der Waals surface area contributed by atoms with Crippen molar-refractivity contribution in [3.63, 3.8) is 0 Å². The molecular weight excluding hydrogens is 314 g/mol. The van der Waals surface area contributed by atoms with Crippen LogP contribution in [-0.2, 0) is 17.8 Å². The van der Waals surface area contributed by atoms with Crippen molar-refractivity contribution in [2.45, 2.75) is 6.54 Å². The SMILES string of the molecule is COc1ccc2ncnc(-c3ccc(CNS(=O)O)cc3)c2c1. The van der Waals surface area contributed by atoms with Gasteiger partial charge in [0.1, 0.15) is 12.1 Å². The molecule has 0 aliphatic heterocycles. The summed E-state index contributed by atoms with van der Waals surface area (Å²) in [5, 5.41) is 0.911. The van der Waals surface area contributed by atoms with Crippen molar-refractivity contribution in [3.05, 3.63) is 54.4 Å². The lowest BCUT2D eigenvalue weighted by Crippen LogP contribution is -2.15. The topological polar surface area (TPSA) is 84.3 Å². The van der Waals surface area contributed by atoms with Gasteiger partial charge in [-0.3, -0.25) is 4.55 Å². The Morgan fingerprint density at radius 2 is 1.96 bits per heavy atom. The van der Waals surface area contributed by atoms with Gasteiger partial charge in [-0.2, -0.15) is 0 Å². The minimum absolute atomic E-state index is 0.321. The second kappa shape index (κ2) is 6.82. The van der Waals surface area contributed by atoms with Crippen LogP contribution in [0, 0.1) is 0 Å². The van der Waals surface area contributed by atoms with E-state index >= 15 is 0 Å². The first-order valence-corrected chi connectivity index (χ1v) is 8.00. The van der Waals surface area contributed by atoms with Gasteiger partial charge < -0.3 is 4.74 Å². The molecule has 0 amide bonds. The molecule has 3 aromatic rings. The van der Waals surface area contributed by atoms with E-state index in [4.69, 9.17) is 9.29 Å². The monoisotopic (exact) mass is 329 g/mol. The molecule has 6 nitrogen and oxygen atoms in total. The fourth-order valence-corrected chi connectivity index (χ4v) is 2.61. The Labute approximate surface area is 136 Å². The Balaban J connectivity index is 1.97. The zero-order valence-corrected chi connectivity index (χ0v) is 13.2. The van der Waals surface area contributed by atoms with Crippen molar-refractivity contribution in [2.24, 2.45) is 0 Å². The third kappa shape index (κ3) is 3.53. The largest absolute Gasteiger partial charge is 0.497 e. The van der Waals surface area contributed by atoms with Gasteiger partial charge in [-0.05, 0) is 23.8 Å². The van der Waals surface area contributed by atoms with Crippen molar-refractivity contribution in [2.75, 3.05) is 7.11 Å². The van der Waals surface area contributed by atoms with Crippen LogP contribution < -0.4 is 9.46 Å². The van der Waals surface area contributed by atoms with E-state index in [1.54, 1.807) is 7.11 Å². The Bertz CT molecular complexity index is 853. The number of aromatic nitrogens is 2. The van der Waals surface area contributed by atoms with Crippen LogP contribution in [0.25, 0.3) is 22.2 Å². The summed E-state index contributed by atoms with van der Waals surface area (Å²) >= 11 is -2.01. The Morgan fingerprint density at radius 1 is 1.17 bits per heavy atom. The average Bonchev–Trinajstić information content (AvgIpc) is 2.59. The number of methoxy groups -OCH3 is 1. The van der Waals surface area contributed by atoms with Gasteiger partial charge in [0.2, 0.25) is 11.3 Å². The van der Waals surface area contributed by atoms with Crippen molar-refractivity contribution in [3.8, 4) is 17.0 Å². The first-order valence-electron chi connectivity index (χ1n) is 6.90. The maximum Gasteiger partial charge on any atom is 0.232 e. The normalized spacial score (nSPS) is 12.3. The van der Waals surface area contributed by atoms with E-state index in [9.17, 15) is 4.21 Å². The molecule has 0 radical (unpaired) electrons. The lowest BCUT2D eigenvalue weighted by molar-refractivity contribution is 0.415. The van der Waals surface area contributed by atoms with Crippen LogP contribution in [0.4, 0.5) is 0 Å². The maximum absolute atomic E-state index is 10.6. The number of hydrogen-bond acceptors (Lipinski definition) is 4. The molecule has 0 fully saturated rings. The van der Waals surface area contributed by atoms with E-state index in [1.807, 2.05) is 42.5 Å². The van der Waals surface area contributed by atoms with E-state index in [1.165, 1.54) is 6.33 Å². The number of benzene rings is 2. The maximum atomic E-state index is 10.6. The minimum atomic E-state index is -2.01. The van der Waals surface area contributed by atoms with Gasteiger partial charge in [0.25, 0.3) is 0 Å². The lowest BCUT2D eigenvalue weighted by Gasteiger charge is -2.08. The number of nitrogens with one attached hydrogen (secondary N) is 1. The summed E-state index contributed by atoms with van der Waals surface area (Å²) in [5.41, 5.74) is 3.52. The van der Waals surface area contributed by atoms with E-state index in [0.717, 1.165) is 33.5 Å². The molecule has 23 heavy (non-hydrogen) atoms. The highest BCUT2D eigenvalue weighted by Crippen LogP contribution is 2.28. The number of rotatable bonds is 5. The summed E-state index contributed by atoms with van der Waals surface area (Å²) in [5.74, 6) is 0.750. The zero-order chi connectivity index (χ0) is 16.2. The second-order valence-corrected chi connectivity index (χ2v) is 5.66. The molecule has 0 bridgehead atoms. The van der Waals surface area contributed by atoms with Crippen LogP contribution in [-0.4, -0.2) is 25.8 Å². The summed E-state index contributed by atoms with van der Waals surface area (Å²) < 4.78 is 27.1. The van der Waals surface area contributed by atoms with Crippen molar-refractivity contribution < 1.29 is 13.5 Å². The van der Waals surface area contributed by atoms with Gasteiger partial charge in [-0.1, -0.05) is 24.3 Å². The van der Waals surface area contributed by atoms with Gasteiger partial charge in [0.15, 0.2) is 0 Å². The van der Waals surface area contributed by atoms with E-state index < -0.39 is 11.3 Å². The number of hydrogen-bond donors (Lipinski definition) is 2. The van der Waals surface area contributed by atoms with Crippen LogP contribution in [0.5, 0.6) is 5.75 Å². The predicted octanol–water partition coefficient (Wildman–Crippen LogP) is 2.53. The molecule has 0 saturated carbocycles. The van der Waals surface area contributed by atoms with Crippen LogP contribution in [0.15, 0.2) is 48.8 Å². The summed E-state index contributed by atoms with van der Waals surface area (Å²) in [6, 6.07) is 13.3. The fraction of sp³-hybridized carbons (Fsp3) is 0.125. The van der Waals surface area contributed by atoms with Gasteiger partial charge in [0.05, 0.1) is 18.3 Å². The first-order chi connectivity index (χ1) is 11.2. The van der Waals surface area contributed by atoms with Crippen LogP contribution in [0.2, 0.25) is 0 Å². The summed E-state index contributed by atoms with van der Waals surface area (Å²) in [6.45, 7) is 0.321. The van der Waals surface area contributed by atoms with Crippen molar-refractivity contribution in [1.29, 1.82) is 0 Å². The molecule has 1 heterocycles. The molecular formula is C16H15N3O3S. The first kappa shape index (κ1) is 15.5. The van der Waals surface area contributed by atoms with Gasteiger partial charge in [0, 0.05) is 17.5 Å². The zero-order valence-electron chi connectivity index (χ0n) is 12.4. The predicted molar refractivity (Wildman–Crippen MR) is 89.1 cm³/mol. The molecule has 3 rings (SSSR count). The molecule has 2 N–H and O–H groups in total. The van der Waals surface area contributed by atoms with Gasteiger partial charge in [-0.25, -0.2) is 18.9 Å². The molecule has 7 heteroatoms. The highest BCUT2D eigenvalue weighted by atomic mass is 32.2. The Kier molecular flexibility index (Phi) is 4.61. The summed E-state index contributed by atoms with van der Waals surface area (Å²) in [4.78, 5) is 8.66. The molecule has 1 aromatic heterocycles. The highest BCUT2D eigenvalue weighted by molar-refractivity contribution is 7.77. The van der Waals surface area contributed by atoms with E-state index in [2.05, 4.69) is 14.7 Å². The van der Waals surface area contributed by atoms with Crippen molar-refractivity contribution in [1.82, 2.24) is 14.7 Å². The summed E-state index contributed by atoms with van der Waals surface area (Å²) in [7, 11) is 1.62. The van der Waals surface area contributed by atoms with Crippen LogP contribution >= 0.6 is 0 Å². The average molecular weight is 329 g/mol. The number of fused-ring (bicyclic) bond motifs is 1. The molecule has 2 aromatic carbocycles.